The smallest absolute Gasteiger partial charge is 0.343 e. The fourth-order valence-corrected chi connectivity index (χ4v) is 3.26. The standard InChI is InChI=1S/C24H21BrO5/c1-2-28-22-13-12-18(16-20(22)25)23(26)30-21-11-7-6-10-19(21)24(27)29-15-14-17-8-4-3-5-9-17/h3-13,16H,2,14-15H2,1H3. The van der Waals surface area contributed by atoms with Gasteiger partial charge in [0, 0.05) is 6.42 Å². The molecule has 0 saturated heterocycles. The van der Waals surface area contributed by atoms with Gasteiger partial charge in [-0.25, -0.2) is 9.59 Å². The summed E-state index contributed by atoms with van der Waals surface area (Å²) in [6.45, 7) is 2.63. The zero-order valence-electron chi connectivity index (χ0n) is 16.5. The van der Waals surface area contributed by atoms with Crippen LogP contribution in [0.2, 0.25) is 0 Å². The molecule has 0 spiro atoms. The molecule has 0 aromatic heterocycles. The zero-order chi connectivity index (χ0) is 21.3. The molecule has 0 saturated carbocycles. The van der Waals surface area contributed by atoms with Gasteiger partial charge in [-0.3, -0.25) is 0 Å². The summed E-state index contributed by atoms with van der Waals surface area (Å²) in [7, 11) is 0. The van der Waals surface area contributed by atoms with Gasteiger partial charge in [-0.15, -0.1) is 0 Å². The molecule has 5 nitrogen and oxygen atoms in total. The van der Waals surface area contributed by atoms with E-state index in [9.17, 15) is 9.59 Å². The highest BCUT2D eigenvalue weighted by atomic mass is 79.9. The number of hydrogen-bond donors (Lipinski definition) is 0. The van der Waals surface area contributed by atoms with Crippen molar-refractivity contribution in [3.8, 4) is 11.5 Å². The third kappa shape index (κ3) is 5.70. The second-order valence-corrected chi connectivity index (χ2v) is 7.19. The van der Waals surface area contributed by atoms with Crippen LogP contribution in [-0.4, -0.2) is 25.2 Å². The molecule has 0 fully saturated rings. The number of rotatable bonds is 8. The van der Waals surface area contributed by atoms with Crippen LogP contribution in [0.15, 0.2) is 77.3 Å². The van der Waals surface area contributed by atoms with E-state index in [0.717, 1.165) is 5.56 Å². The quantitative estimate of drug-likeness (QED) is 0.324. The lowest BCUT2D eigenvalue weighted by Crippen LogP contribution is -2.14. The molecule has 30 heavy (non-hydrogen) atoms. The van der Waals surface area contributed by atoms with Crippen molar-refractivity contribution in [3.05, 3.63) is 94.0 Å². The average Bonchev–Trinajstić information content (AvgIpc) is 2.76. The van der Waals surface area contributed by atoms with Crippen molar-refractivity contribution in [2.75, 3.05) is 13.2 Å². The molecule has 3 aromatic rings. The summed E-state index contributed by atoms with van der Waals surface area (Å²) in [5.41, 5.74) is 1.60. The highest BCUT2D eigenvalue weighted by molar-refractivity contribution is 9.10. The summed E-state index contributed by atoms with van der Waals surface area (Å²) >= 11 is 3.38. The van der Waals surface area contributed by atoms with Crippen molar-refractivity contribution in [3.63, 3.8) is 0 Å². The summed E-state index contributed by atoms with van der Waals surface area (Å²) in [4.78, 5) is 25.1. The molecule has 0 aliphatic carbocycles. The number of carbonyl (C=O) groups is 2. The minimum atomic E-state index is -0.580. The van der Waals surface area contributed by atoms with E-state index in [-0.39, 0.29) is 17.9 Å². The predicted octanol–water partition coefficient (Wildman–Crippen LogP) is 5.47. The highest BCUT2D eigenvalue weighted by Gasteiger charge is 2.18. The predicted molar refractivity (Wildman–Crippen MR) is 117 cm³/mol. The van der Waals surface area contributed by atoms with E-state index in [0.29, 0.717) is 28.8 Å². The second-order valence-electron chi connectivity index (χ2n) is 6.34. The summed E-state index contributed by atoms with van der Waals surface area (Å²) < 4.78 is 16.9. The first-order valence-electron chi connectivity index (χ1n) is 9.53. The van der Waals surface area contributed by atoms with Crippen molar-refractivity contribution < 1.29 is 23.8 Å². The molecule has 0 radical (unpaired) electrons. The zero-order valence-corrected chi connectivity index (χ0v) is 18.1. The van der Waals surface area contributed by atoms with E-state index in [1.54, 1.807) is 42.5 Å². The summed E-state index contributed by atoms with van der Waals surface area (Å²) in [6, 6.07) is 21.2. The maximum absolute atomic E-state index is 12.6. The van der Waals surface area contributed by atoms with Gasteiger partial charge < -0.3 is 14.2 Å². The third-order valence-corrected chi connectivity index (χ3v) is 4.86. The minimum absolute atomic E-state index is 0.150. The maximum atomic E-state index is 12.6. The van der Waals surface area contributed by atoms with Crippen LogP contribution in [-0.2, 0) is 11.2 Å². The largest absolute Gasteiger partial charge is 0.493 e. The monoisotopic (exact) mass is 468 g/mol. The van der Waals surface area contributed by atoms with Crippen molar-refractivity contribution >= 4 is 27.9 Å². The number of halogens is 1. The average molecular weight is 469 g/mol. The summed E-state index contributed by atoms with van der Waals surface area (Å²) in [5.74, 6) is -0.334. The molecule has 154 valence electrons. The van der Waals surface area contributed by atoms with E-state index < -0.39 is 11.9 Å². The number of ether oxygens (including phenoxy) is 3. The molecule has 0 aliphatic heterocycles. The molecule has 3 aromatic carbocycles. The topological polar surface area (TPSA) is 61.8 Å². The molecule has 0 aliphatic rings. The molecule has 0 amide bonds. The van der Waals surface area contributed by atoms with Crippen LogP contribution in [0.3, 0.4) is 0 Å². The van der Waals surface area contributed by atoms with E-state index in [2.05, 4.69) is 15.9 Å². The van der Waals surface area contributed by atoms with Crippen LogP contribution in [0, 0.1) is 0 Å². The molecule has 0 atom stereocenters. The molecule has 0 heterocycles. The first kappa shape index (κ1) is 21.6. The van der Waals surface area contributed by atoms with Crippen molar-refractivity contribution in [2.45, 2.75) is 13.3 Å². The maximum Gasteiger partial charge on any atom is 0.343 e. The van der Waals surface area contributed by atoms with Crippen LogP contribution in [0.25, 0.3) is 0 Å². The Kier molecular flexibility index (Phi) is 7.63. The Morgan fingerprint density at radius 3 is 2.33 bits per heavy atom. The lowest BCUT2D eigenvalue weighted by molar-refractivity contribution is 0.0504. The minimum Gasteiger partial charge on any atom is -0.493 e. The Hall–Kier alpha value is -3.12. The van der Waals surface area contributed by atoms with Gasteiger partial charge in [-0.1, -0.05) is 42.5 Å². The lowest BCUT2D eigenvalue weighted by atomic mass is 10.1. The van der Waals surface area contributed by atoms with Crippen molar-refractivity contribution in [1.29, 1.82) is 0 Å². The molecular formula is C24H21BrO5. The van der Waals surface area contributed by atoms with Crippen LogP contribution < -0.4 is 9.47 Å². The van der Waals surface area contributed by atoms with Gasteiger partial charge in [0.2, 0.25) is 0 Å². The van der Waals surface area contributed by atoms with Gasteiger partial charge in [0.1, 0.15) is 17.1 Å². The van der Waals surface area contributed by atoms with Gasteiger partial charge in [0.05, 0.1) is 23.2 Å². The fraction of sp³-hybridized carbons (Fsp3) is 0.167. The molecule has 0 bridgehead atoms. The fourth-order valence-electron chi connectivity index (χ4n) is 2.77. The number of hydrogen-bond acceptors (Lipinski definition) is 5. The first-order chi connectivity index (χ1) is 14.6. The Morgan fingerprint density at radius 1 is 0.867 bits per heavy atom. The van der Waals surface area contributed by atoms with E-state index in [1.165, 1.54) is 0 Å². The number of benzene rings is 3. The number of para-hydroxylation sites is 1. The van der Waals surface area contributed by atoms with Crippen molar-refractivity contribution in [2.24, 2.45) is 0 Å². The molecular weight excluding hydrogens is 448 g/mol. The number of esters is 2. The van der Waals surface area contributed by atoms with E-state index in [4.69, 9.17) is 14.2 Å². The van der Waals surface area contributed by atoms with Gasteiger partial charge in [0.25, 0.3) is 0 Å². The second kappa shape index (κ2) is 10.6. The Morgan fingerprint density at radius 2 is 1.60 bits per heavy atom. The van der Waals surface area contributed by atoms with Gasteiger partial charge in [0.15, 0.2) is 0 Å². The van der Waals surface area contributed by atoms with E-state index >= 15 is 0 Å². The van der Waals surface area contributed by atoms with Gasteiger partial charge >= 0.3 is 11.9 Å². The van der Waals surface area contributed by atoms with Crippen LogP contribution in [0.5, 0.6) is 11.5 Å². The summed E-state index contributed by atoms with van der Waals surface area (Å²) in [5, 5.41) is 0. The Bertz CT molecular complexity index is 1020. The van der Waals surface area contributed by atoms with Gasteiger partial charge in [-0.2, -0.15) is 0 Å². The molecule has 6 heteroatoms. The van der Waals surface area contributed by atoms with Crippen molar-refractivity contribution in [1.82, 2.24) is 0 Å². The van der Waals surface area contributed by atoms with Crippen LogP contribution >= 0.6 is 15.9 Å². The van der Waals surface area contributed by atoms with Gasteiger partial charge in [-0.05, 0) is 58.7 Å². The summed E-state index contributed by atoms with van der Waals surface area (Å²) in [6.07, 6.45) is 0.606. The van der Waals surface area contributed by atoms with Crippen LogP contribution in [0.4, 0.5) is 0 Å². The molecule has 0 N–H and O–H groups in total. The third-order valence-electron chi connectivity index (χ3n) is 4.24. The van der Waals surface area contributed by atoms with Crippen LogP contribution in [0.1, 0.15) is 33.2 Å². The highest BCUT2D eigenvalue weighted by Crippen LogP contribution is 2.27. The first-order valence-corrected chi connectivity index (χ1v) is 10.3. The Balaban J connectivity index is 1.66. The Labute approximate surface area is 183 Å². The molecule has 3 rings (SSSR count). The SMILES string of the molecule is CCOc1ccc(C(=O)Oc2ccccc2C(=O)OCCc2ccccc2)cc1Br. The number of carbonyl (C=O) groups excluding carboxylic acids is 2. The van der Waals surface area contributed by atoms with E-state index in [1.807, 2.05) is 37.3 Å². The normalized spacial score (nSPS) is 10.3. The molecule has 0 unspecified atom stereocenters. The lowest BCUT2D eigenvalue weighted by Gasteiger charge is -2.11.